The number of carbonyl (C=O) groups is 4. The third-order valence-corrected chi connectivity index (χ3v) is 5.94. The molecule has 27 heavy (non-hydrogen) atoms. The summed E-state index contributed by atoms with van der Waals surface area (Å²) >= 11 is 0. The maximum atomic E-state index is 12.8. The Balaban J connectivity index is 1.56. The highest BCUT2D eigenvalue weighted by Crippen LogP contribution is 2.40. The standard InChI is InChI=1S/C19H22N4O4/c1-22(19(10-20)6-7-19)9-11-2-3-12-13(8-11)18(27)23(17(12)26)14-4-5-15(24)21-16(14)25/h2-3,8,14H,4-7,9-10,20H2,1H3,(H,21,24,25). The third-order valence-electron chi connectivity index (χ3n) is 5.94. The summed E-state index contributed by atoms with van der Waals surface area (Å²) in [7, 11) is 2.01. The SMILES string of the molecule is CN(Cc1ccc2c(c1)C(=O)N(C1CCC(=O)NC1=O)C2=O)C1(CN)CC1. The van der Waals surface area contributed by atoms with Crippen molar-refractivity contribution in [3.05, 3.63) is 34.9 Å². The topological polar surface area (TPSA) is 113 Å². The first kappa shape index (κ1) is 17.8. The predicted octanol–water partition coefficient (Wildman–Crippen LogP) is 0.0109. The zero-order valence-electron chi connectivity index (χ0n) is 15.2. The Morgan fingerprint density at radius 3 is 2.52 bits per heavy atom. The first-order valence-electron chi connectivity index (χ1n) is 9.12. The second kappa shape index (κ2) is 6.24. The molecule has 1 aromatic rings. The van der Waals surface area contributed by atoms with Gasteiger partial charge in [-0.05, 0) is 44.0 Å². The van der Waals surface area contributed by atoms with E-state index in [1.165, 1.54) is 0 Å². The van der Waals surface area contributed by atoms with E-state index in [4.69, 9.17) is 5.73 Å². The monoisotopic (exact) mass is 370 g/mol. The van der Waals surface area contributed by atoms with Crippen molar-refractivity contribution in [1.82, 2.24) is 15.1 Å². The van der Waals surface area contributed by atoms with Gasteiger partial charge in [-0.1, -0.05) is 6.07 Å². The summed E-state index contributed by atoms with van der Waals surface area (Å²) in [5.74, 6) is -1.94. The molecule has 1 aromatic carbocycles. The number of nitrogens with zero attached hydrogens (tertiary/aromatic N) is 2. The van der Waals surface area contributed by atoms with Crippen LogP contribution in [0.4, 0.5) is 0 Å². The Kier molecular flexibility index (Phi) is 4.12. The second-order valence-corrected chi connectivity index (χ2v) is 7.61. The molecule has 4 amide bonds. The molecule has 2 aliphatic heterocycles. The number of hydrogen-bond acceptors (Lipinski definition) is 6. The van der Waals surface area contributed by atoms with Crippen LogP contribution in [0.1, 0.15) is 52.0 Å². The molecule has 8 heteroatoms. The number of imide groups is 2. The van der Waals surface area contributed by atoms with Crippen LogP contribution in [0.3, 0.4) is 0 Å². The zero-order valence-corrected chi connectivity index (χ0v) is 15.2. The largest absolute Gasteiger partial charge is 0.329 e. The highest BCUT2D eigenvalue weighted by molar-refractivity contribution is 6.23. The maximum absolute atomic E-state index is 12.8. The van der Waals surface area contributed by atoms with Crippen molar-refractivity contribution in [2.24, 2.45) is 5.73 Å². The number of rotatable bonds is 5. The number of piperidine rings is 1. The van der Waals surface area contributed by atoms with E-state index in [2.05, 4.69) is 10.2 Å². The van der Waals surface area contributed by atoms with Gasteiger partial charge in [-0.3, -0.25) is 34.3 Å². The Bertz CT molecular complexity index is 861. The lowest BCUT2D eigenvalue weighted by Gasteiger charge is -2.27. The molecule has 0 spiro atoms. The van der Waals surface area contributed by atoms with Crippen LogP contribution in [0.2, 0.25) is 0 Å². The van der Waals surface area contributed by atoms with E-state index in [0.29, 0.717) is 24.2 Å². The van der Waals surface area contributed by atoms with E-state index in [-0.39, 0.29) is 24.3 Å². The predicted molar refractivity (Wildman–Crippen MR) is 95.6 cm³/mol. The summed E-state index contributed by atoms with van der Waals surface area (Å²) in [6, 6.07) is 4.27. The summed E-state index contributed by atoms with van der Waals surface area (Å²) in [5.41, 5.74) is 7.44. The Labute approximate surface area is 156 Å². The first-order chi connectivity index (χ1) is 12.9. The van der Waals surface area contributed by atoms with Crippen molar-refractivity contribution in [3.63, 3.8) is 0 Å². The molecule has 1 atom stereocenters. The number of carbonyl (C=O) groups excluding carboxylic acids is 4. The Hall–Kier alpha value is -2.58. The molecule has 1 unspecified atom stereocenters. The van der Waals surface area contributed by atoms with Gasteiger partial charge in [0.25, 0.3) is 11.8 Å². The van der Waals surface area contributed by atoms with E-state index in [9.17, 15) is 19.2 Å². The van der Waals surface area contributed by atoms with Crippen LogP contribution < -0.4 is 11.1 Å². The lowest BCUT2D eigenvalue weighted by atomic mass is 10.0. The molecule has 8 nitrogen and oxygen atoms in total. The van der Waals surface area contributed by atoms with Gasteiger partial charge in [0.1, 0.15) is 6.04 Å². The fourth-order valence-electron chi connectivity index (χ4n) is 3.94. The van der Waals surface area contributed by atoms with Gasteiger partial charge < -0.3 is 5.73 Å². The van der Waals surface area contributed by atoms with Crippen LogP contribution in [0.15, 0.2) is 18.2 Å². The minimum absolute atomic E-state index is 0.0393. The Morgan fingerprint density at radius 1 is 1.19 bits per heavy atom. The average molecular weight is 370 g/mol. The van der Waals surface area contributed by atoms with E-state index < -0.39 is 23.8 Å². The molecule has 3 aliphatic rings. The fraction of sp³-hybridized carbons (Fsp3) is 0.474. The van der Waals surface area contributed by atoms with Gasteiger partial charge in [0.05, 0.1) is 11.1 Å². The molecule has 1 aliphatic carbocycles. The number of nitrogens with one attached hydrogen (secondary N) is 1. The van der Waals surface area contributed by atoms with Gasteiger partial charge in [0.2, 0.25) is 11.8 Å². The van der Waals surface area contributed by atoms with Crippen molar-refractivity contribution >= 4 is 23.6 Å². The van der Waals surface area contributed by atoms with Gasteiger partial charge in [0, 0.05) is 25.0 Å². The quantitative estimate of drug-likeness (QED) is 0.706. The van der Waals surface area contributed by atoms with E-state index in [0.717, 1.165) is 23.3 Å². The summed E-state index contributed by atoms with van der Waals surface area (Å²) < 4.78 is 0. The number of hydrogen-bond donors (Lipinski definition) is 2. The molecular formula is C19H22N4O4. The average Bonchev–Trinajstić information content (AvgIpc) is 3.40. The van der Waals surface area contributed by atoms with E-state index in [1.54, 1.807) is 12.1 Å². The molecular weight excluding hydrogens is 348 g/mol. The number of nitrogens with two attached hydrogens (primary N) is 1. The van der Waals surface area contributed by atoms with Crippen LogP contribution in [0.5, 0.6) is 0 Å². The molecule has 0 bridgehead atoms. The van der Waals surface area contributed by atoms with Crippen LogP contribution in [-0.4, -0.2) is 58.6 Å². The molecule has 4 rings (SSSR count). The fourth-order valence-corrected chi connectivity index (χ4v) is 3.94. The van der Waals surface area contributed by atoms with Gasteiger partial charge >= 0.3 is 0 Å². The molecule has 0 radical (unpaired) electrons. The van der Waals surface area contributed by atoms with Crippen molar-refractivity contribution in [3.8, 4) is 0 Å². The minimum atomic E-state index is -0.937. The van der Waals surface area contributed by atoms with Crippen molar-refractivity contribution in [2.45, 2.75) is 43.8 Å². The van der Waals surface area contributed by atoms with Crippen LogP contribution in [0, 0.1) is 0 Å². The molecule has 2 heterocycles. The van der Waals surface area contributed by atoms with Gasteiger partial charge in [-0.15, -0.1) is 0 Å². The van der Waals surface area contributed by atoms with Crippen molar-refractivity contribution < 1.29 is 19.2 Å². The maximum Gasteiger partial charge on any atom is 0.262 e. The smallest absolute Gasteiger partial charge is 0.262 e. The normalized spacial score (nSPS) is 23.7. The molecule has 0 aromatic heterocycles. The summed E-state index contributed by atoms with van der Waals surface area (Å²) in [6.07, 6.45) is 2.39. The van der Waals surface area contributed by atoms with Gasteiger partial charge in [0.15, 0.2) is 0 Å². The molecule has 2 fully saturated rings. The number of fused-ring (bicyclic) bond motifs is 1. The van der Waals surface area contributed by atoms with Gasteiger partial charge in [-0.25, -0.2) is 0 Å². The molecule has 142 valence electrons. The summed E-state index contributed by atoms with van der Waals surface area (Å²) in [4.78, 5) is 52.2. The molecule has 1 saturated carbocycles. The second-order valence-electron chi connectivity index (χ2n) is 7.61. The lowest BCUT2D eigenvalue weighted by Crippen LogP contribution is -2.54. The summed E-state index contributed by atoms with van der Waals surface area (Å²) in [5, 5.41) is 2.20. The Morgan fingerprint density at radius 2 is 1.89 bits per heavy atom. The molecule has 1 saturated heterocycles. The van der Waals surface area contributed by atoms with Crippen molar-refractivity contribution in [2.75, 3.05) is 13.6 Å². The minimum Gasteiger partial charge on any atom is -0.329 e. The van der Waals surface area contributed by atoms with E-state index >= 15 is 0 Å². The lowest BCUT2D eigenvalue weighted by molar-refractivity contribution is -0.136. The van der Waals surface area contributed by atoms with E-state index in [1.807, 2.05) is 13.1 Å². The third kappa shape index (κ3) is 2.85. The highest BCUT2D eigenvalue weighted by atomic mass is 16.2. The zero-order chi connectivity index (χ0) is 19.3. The number of benzene rings is 1. The summed E-state index contributed by atoms with van der Waals surface area (Å²) in [6.45, 7) is 1.22. The van der Waals surface area contributed by atoms with Crippen molar-refractivity contribution in [1.29, 1.82) is 0 Å². The first-order valence-corrected chi connectivity index (χ1v) is 9.12. The van der Waals surface area contributed by atoms with Gasteiger partial charge in [-0.2, -0.15) is 0 Å². The molecule has 3 N–H and O–H groups in total. The van der Waals surface area contributed by atoms with Crippen LogP contribution in [-0.2, 0) is 16.1 Å². The number of likely N-dealkylation sites (N-methyl/N-ethyl adjacent to an activating group) is 1. The number of amides is 4. The van der Waals surface area contributed by atoms with Crippen LogP contribution in [0.25, 0.3) is 0 Å². The van der Waals surface area contributed by atoms with Crippen LogP contribution >= 0.6 is 0 Å². The highest BCUT2D eigenvalue weighted by Gasteiger charge is 2.46.